The van der Waals surface area contributed by atoms with Gasteiger partial charge in [0.05, 0.1) is 5.71 Å². The Balaban J connectivity index is 0.000000377. The summed E-state index contributed by atoms with van der Waals surface area (Å²) in [5.74, 6) is 0. The van der Waals surface area contributed by atoms with Gasteiger partial charge in [-0.3, -0.25) is 0 Å². The summed E-state index contributed by atoms with van der Waals surface area (Å²) in [7, 11) is 0. The monoisotopic (exact) mass is 281 g/mol. The second kappa shape index (κ2) is 11.7. The first kappa shape index (κ1) is 18.9. The Kier molecular flexibility index (Phi) is 10.5. The second-order valence-electron chi connectivity index (χ2n) is 4.37. The Morgan fingerprint density at radius 3 is 1.62 bits per heavy atom. The first-order valence-electron chi connectivity index (χ1n) is 7.44. The van der Waals surface area contributed by atoms with Gasteiger partial charge in [-0.1, -0.05) is 86.2 Å². The molecule has 0 aliphatic carbocycles. The van der Waals surface area contributed by atoms with E-state index in [4.69, 9.17) is 5.41 Å². The normalized spacial score (nSPS) is 9.67. The number of hydrogen-bond acceptors (Lipinski definition) is 1. The third-order valence-electron chi connectivity index (χ3n) is 2.83. The summed E-state index contributed by atoms with van der Waals surface area (Å²) in [6, 6.07) is 20.0. The van der Waals surface area contributed by atoms with Gasteiger partial charge in [0.25, 0.3) is 0 Å². The van der Waals surface area contributed by atoms with Gasteiger partial charge in [0, 0.05) is 0 Å². The van der Waals surface area contributed by atoms with E-state index in [1.165, 1.54) is 5.56 Å². The average Bonchev–Trinajstić information content (AvgIpc) is 2.57. The van der Waals surface area contributed by atoms with E-state index < -0.39 is 0 Å². The lowest BCUT2D eigenvalue weighted by atomic mass is 10.0. The Bertz CT molecular complexity index is 524. The van der Waals surface area contributed by atoms with Crippen LogP contribution in [0.15, 0.2) is 72.3 Å². The van der Waals surface area contributed by atoms with Crippen LogP contribution in [0, 0.1) is 12.3 Å². The van der Waals surface area contributed by atoms with E-state index in [0.29, 0.717) is 5.71 Å². The van der Waals surface area contributed by atoms with Crippen molar-refractivity contribution in [2.45, 2.75) is 34.6 Å². The molecule has 0 aromatic heterocycles. The van der Waals surface area contributed by atoms with Gasteiger partial charge < -0.3 is 5.41 Å². The molecule has 0 spiro atoms. The molecule has 1 nitrogen and oxygen atoms in total. The first-order chi connectivity index (χ1) is 10.1. The van der Waals surface area contributed by atoms with Gasteiger partial charge in [-0.05, 0) is 31.9 Å². The molecule has 2 aromatic rings. The Morgan fingerprint density at radius 2 is 1.29 bits per heavy atom. The van der Waals surface area contributed by atoms with Crippen LogP contribution in [-0.2, 0) is 0 Å². The van der Waals surface area contributed by atoms with Gasteiger partial charge in [-0.15, -0.1) is 0 Å². The highest BCUT2D eigenvalue weighted by molar-refractivity contribution is 6.10. The number of allylic oxidation sites excluding steroid dienone is 2. The summed E-state index contributed by atoms with van der Waals surface area (Å²) in [6.07, 6.45) is 1.95. The highest BCUT2D eigenvalue weighted by atomic mass is 14.4. The van der Waals surface area contributed by atoms with E-state index in [1.807, 2.05) is 82.3 Å². The van der Waals surface area contributed by atoms with Crippen LogP contribution in [0.1, 0.15) is 38.8 Å². The number of benzene rings is 2. The first-order valence-corrected chi connectivity index (χ1v) is 7.44. The van der Waals surface area contributed by atoms with Gasteiger partial charge in [-0.25, -0.2) is 0 Å². The topological polar surface area (TPSA) is 23.9 Å². The summed E-state index contributed by atoms with van der Waals surface area (Å²) in [6.45, 7) is 9.99. The summed E-state index contributed by atoms with van der Waals surface area (Å²) in [4.78, 5) is 0. The van der Waals surface area contributed by atoms with Crippen LogP contribution in [0.4, 0.5) is 0 Å². The molecular formula is C20H27N. The molecule has 1 heteroatoms. The van der Waals surface area contributed by atoms with Crippen molar-refractivity contribution in [2.75, 3.05) is 0 Å². The third kappa shape index (κ3) is 7.88. The number of aryl methyl sites for hydroxylation is 1. The predicted octanol–water partition coefficient (Wildman–Crippen LogP) is 6.04. The van der Waals surface area contributed by atoms with Crippen LogP contribution in [0.2, 0.25) is 0 Å². The molecule has 112 valence electrons. The third-order valence-corrected chi connectivity index (χ3v) is 2.83. The van der Waals surface area contributed by atoms with E-state index in [9.17, 15) is 0 Å². The van der Waals surface area contributed by atoms with E-state index in [-0.39, 0.29) is 0 Å². The molecule has 0 aliphatic rings. The minimum absolute atomic E-state index is 0.609. The lowest BCUT2D eigenvalue weighted by Crippen LogP contribution is -1.99. The minimum Gasteiger partial charge on any atom is -0.300 e. The Hall–Kier alpha value is -2.15. The van der Waals surface area contributed by atoms with Gasteiger partial charge in [0.15, 0.2) is 0 Å². The molecule has 0 amide bonds. The lowest BCUT2D eigenvalue weighted by Gasteiger charge is -2.02. The molecule has 2 rings (SSSR count). The van der Waals surface area contributed by atoms with E-state index in [0.717, 1.165) is 11.1 Å². The molecule has 2 aromatic carbocycles. The van der Waals surface area contributed by atoms with Crippen LogP contribution in [-0.4, -0.2) is 5.71 Å². The van der Waals surface area contributed by atoms with Gasteiger partial charge in [0.1, 0.15) is 0 Å². The molecule has 0 aliphatic heterocycles. The predicted molar refractivity (Wildman–Crippen MR) is 95.2 cm³/mol. The van der Waals surface area contributed by atoms with E-state index in [2.05, 4.69) is 19.1 Å². The molecule has 21 heavy (non-hydrogen) atoms. The molecule has 0 bridgehead atoms. The molecule has 0 heterocycles. The zero-order valence-electron chi connectivity index (χ0n) is 13.9. The standard InChI is InChI=1S/C11H13N.C7H8.C2H6/c1-3-9(2)11(12)10-7-5-4-6-8-10;1-7-5-3-2-4-6-7;1-2/h3-8,12H,1-2H3;2-6H,1H3;1-2H3/b9-3-,12-11?;;. The number of nitrogens with one attached hydrogen (secondary N) is 1. The van der Waals surface area contributed by atoms with Crippen molar-refractivity contribution in [3.05, 3.63) is 83.4 Å². The molecule has 0 saturated carbocycles. The molecule has 0 fully saturated rings. The van der Waals surface area contributed by atoms with E-state index >= 15 is 0 Å². The van der Waals surface area contributed by atoms with Crippen LogP contribution < -0.4 is 0 Å². The summed E-state index contributed by atoms with van der Waals surface area (Å²) < 4.78 is 0. The zero-order chi connectivity index (χ0) is 16.1. The fraction of sp³-hybridized carbons (Fsp3) is 0.250. The van der Waals surface area contributed by atoms with Crippen molar-refractivity contribution in [1.29, 1.82) is 5.41 Å². The van der Waals surface area contributed by atoms with Gasteiger partial charge in [0.2, 0.25) is 0 Å². The van der Waals surface area contributed by atoms with Crippen LogP contribution in [0.3, 0.4) is 0 Å². The quantitative estimate of drug-likeness (QED) is 0.649. The highest BCUT2D eigenvalue weighted by Crippen LogP contribution is 2.06. The van der Waals surface area contributed by atoms with Crippen molar-refractivity contribution >= 4 is 5.71 Å². The highest BCUT2D eigenvalue weighted by Gasteiger charge is 1.99. The van der Waals surface area contributed by atoms with Crippen molar-refractivity contribution in [3.63, 3.8) is 0 Å². The molecule has 0 radical (unpaired) electrons. The molecule has 1 N–H and O–H groups in total. The smallest absolute Gasteiger partial charge is 0.0638 e. The Labute approximate surface area is 129 Å². The SMILES string of the molecule is C/C=C(/C)C(=N)c1ccccc1.CC.Cc1ccccc1. The van der Waals surface area contributed by atoms with E-state index in [1.54, 1.807) is 0 Å². The second-order valence-corrected chi connectivity index (χ2v) is 4.37. The summed E-state index contributed by atoms with van der Waals surface area (Å²) in [5.41, 5.74) is 3.93. The number of rotatable bonds is 2. The van der Waals surface area contributed by atoms with Gasteiger partial charge in [-0.2, -0.15) is 0 Å². The molecular weight excluding hydrogens is 254 g/mol. The molecule has 0 unspecified atom stereocenters. The maximum atomic E-state index is 7.77. The maximum absolute atomic E-state index is 7.77. The van der Waals surface area contributed by atoms with Crippen LogP contribution >= 0.6 is 0 Å². The summed E-state index contributed by atoms with van der Waals surface area (Å²) >= 11 is 0. The van der Waals surface area contributed by atoms with Crippen molar-refractivity contribution < 1.29 is 0 Å². The summed E-state index contributed by atoms with van der Waals surface area (Å²) in [5, 5.41) is 7.77. The molecule has 0 atom stereocenters. The fourth-order valence-electron chi connectivity index (χ4n) is 1.51. The largest absolute Gasteiger partial charge is 0.300 e. The Morgan fingerprint density at radius 1 is 0.857 bits per heavy atom. The van der Waals surface area contributed by atoms with Crippen molar-refractivity contribution in [2.24, 2.45) is 0 Å². The minimum atomic E-state index is 0.609. The average molecular weight is 281 g/mol. The van der Waals surface area contributed by atoms with Crippen LogP contribution in [0.5, 0.6) is 0 Å². The maximum Gasteiger partial charge on any atom is 0.0638 e. The van der Waals surface area contributed by atoms with Gasteiger partial charge >= 0.3 is 0 Å². The van der Waals surface area contributed by atoms with Crippen LogP contribution in [0.25, 0.3) is 0 Å². The number of hydrogen-bond donors (Lipinski definition) is 1. The fourth-order valence-corrected chi connectivity index (χ4v) is 1.51. The zero-order valence-corrected chi connectivity index (χ0v) is 13.9. The van der Waals surface area contributed by atoms with Crippen molar-refractivity contribution in [1.82, 2.24) is 0 Å². The van der Waals surface area contributed by atoms with Crippen molar-refractivity contribution in [3.8, 4) is 0 Å². The lowest BCUT2D eigenvalue weighted by molar-refractivity contribution is 1.41. The molecule has 0 saturated heterocycles.